The van der Waals surface area contributed by atoms with E-state index in [9.17, 15) is 14.4 Å². The van der Waals surface area contributed by atoms with Crippen LogP contribution in [0.15, 0.2) is 0 Å². The minimum Gasteiger partial charge on any atom is -0.466 e. The molecular formula is C19H32N2O4. The maximum absolute atomic E-state index is 12.6. The third-order valence-electron chi connectivity index (χ3n) is 5.42. The Morgan fingerprint density at radius 1 is 0.960 bits per heavy atom. The van der Waals surface area contributed by atoms with Crippen molar-refractivity contribution in [3.63, 3.8) is 0 Å². The number of esters is 1. The molecule has 0 radical (unpaired) electrons. The number of carbonyl (C=O) groups excluding carboxylic acids is 3. The van der Waals surface area contributed by atoms with Gasteiger partial charge in [0.15, 0.2) is 0 Å². The Kier molecular flexibility index (Phi) is 7.72. The quantitative estimate of drug-likeness (QED) is 0.562. The van der Waals surface area contributed by atoms with Crippen molar-refractivity contribution in [3.8, 4) is 0 Å². The van der Waals surface area contributed by atoms with E-state index < -0.39 is 0 Å². The summed E-state index contributed by atoms with van der Waals surface area (Å²) in [4.78, 5) is 40.2. The molecule has 0 N–H and O–H groups in total. The fourth-order valence-electron chi connectivity index (χ4n) is 3.84. The predicted molar refractivity (Wildman–Crippen MR) is 94.8 cm³/mol. The second-order valence-electron chi connectivity index (χ2n) is 7.29. The van der Waals surface area contributed by atoms with Crippen molar-refractivity contribution in [1.29, 1.82) is 0 Å². The Hall–Kier alpha value is -1.59. The Balaban J connectivity index is 1.77. The minimum atomic E-state index is -0.157. The third-order valence-corrected chi connectivity index (χ3v) is 5.42. The Bertz CT molecular complexity index is 464. The third kappa shape index (κ3) is 5.72. The zero-order chi connectivity index (χ0) is 18.2. The lowest BCUT2D eigenvalue weighted by Gasteiger charge is -2.32. The van der Waals surface area contributed by atoms with E-state index in [1.165, 1.54) is 12.8 Å². The fraction of sp³-hybridized carbons (Fsp3) is 0.842. The van der Waals surface area contributed by atoms with E-state index in [-0.39, 0.29) is 36.2 Å². The highest BCUT2D eigenvalue weighted by Crippen LogP contribution is 2.24. The monoisotopic (exact) mass is 352 g/mol. The van der Waals surface area contributed by atoms with Crippen LogP contribution in [0.3, 0.4) is 0 Å². The molecule has 142 valence electrons. The number of ether oxygens (including phenoxy) is 1. The molecule has 1 aliphatic heterocycles. The molecule has 0 aromatic rings. The van der Waals surface area contributed by atoms with Gasteiger partial charge < -0.3 is 14.5 Å². The zero-order valence-corrected chi connectivity index (χ0v) is 15.7. The summed E-state index contributed by atoms with van der Waals surface area (Å²) >= 11 is 0. The lowest BCUT2D eigenvalue weighted by molar-refractivity contribution is -0.151. The molecule has 1 aliphatic carbocycles. The van der Waals surface area contributed by atoms with Gasteiger partial charge in [-0.05, 0) is 32.6 Å². The first-order valence-corrected chi connectivity index (χ1v) is 9.72. The van der Waals surface area contributed by atoms with Crippen LogP contribution >= 0.6 is 0 Å². The van der Waals surface area contributed by atoms with Crippen LogP contribution in [0.5, 0.6) is 0 Å². The van der Waals surface area contributed by atoms with Crippen LogP contribution in [-0.2, 0) is 19.1 Å². The number of carbonyl (C=O) groups is 3. The maximum Gasteiger partial charge on any atom is 0.309 e. The summed E-state index contributed by atoms with van der Waals surface area (Å²) in [6.45, 7) is 3.46. The van der Waals surface area contributed by atoms with Crippen molar-refractivity contribution in [2.45, 2.75) is 58.3 Å². The van der Waals surface area contributed by atoms with Gasteiger partial charge in [0.2, 0.25) is 11.8 Å². The lowest BCUT2D eigenvalue weighted by Crippen LogP contribution is -2.46. The van der Waals surface area contributed by atoms with Crippen molar-refractivity contribution in [3.05, 3.63) is 0 Å². The van der Waals surface area contributed by atoms with Crippen molar-refractivity contribution in [1.82, 2.24) is 9.80 Å². The van der Waals surface area contributed by atoms with Crippen LogP contribution < -0.4 is 0 Å². The van der Waals surface area contributed by atoms with Crippen LogP contribution in [0.1, 0.15) is 58.3 Å². The number of piperidine rings is 1. The van der Waals surface area contributed by atoms with Crippen molar-refractivity contribution >= 4 is 17.8 Å². The van der Waals surface area contributed by atoms with E-state index >= 15 is 0 Å². The van der Waals surface area contributed by atoms with Crippen LogP contribution in [0.25, 0.3) is 0 Å². The molecule has 0 aromatic carbocycles. The molecule has 1 saturated carbocycles. The summed E-state index contributed by atoms with van der Waals surface area (Å²) in [6.07, 6.45) is 7.82. The number of likely N-dealkylation sites (N-methyl/N-ethyl adjacent to an activating group) is 1. The molecule has 2 rings (SSSR count). The molecule has 6 heteroatoms. The van der Waals surface area contributed by atoms with Crippen LogP contribution in [-0.4, -0.2) is 60.9 Å². The molecule has 0 spiro atoms. The summed E-state index contributed by atoms with van der Waals surface area (Å²) < 4.78 is 5.06. The average molecular weight is 352 g/mol. The summed E-state index contributed by atoms with van der Waals surface area (Å²) in [5, 5.41) is 0. The van der Waals surface area contributed by atoms with E-state index in [1.807, 2.05) is 0 Å². The van der Waals surface area contributed by atoms with E-state index in [0.29, 0.717) is 32.5 Å². The van der Waals surface area contributed by atoms with Crippen molar-refractivity contribution in [2.75, 3.05) is 33.3 Å². The second-order valence-corrected chi connectivity index (χ2v) is 7.29. The lowest BCUT2D eigenvalue weighted by atomic mass is 9.97. The highest BCUT2D eigenvalue weighted by atomic mass is 16.5. The van der Waals surface area contributed by atoms with Crippen molar-refractivity contribution in [2.24, 2.45) is 11.8 Å². The first-order chi connectivity index (χ1) is 12.0. The molecule has 6 nitrogen and oxygen atoms in total. The Morgan fingerprint density at radius 2 is 1.56 bits per heavy atom. The molecule has 0 bridgehead atoms. The van der Waals surface area contributed by atoms with Crippen LogP contribution in [0, 0.1) is 11.8 Å². The standard InChI is InChI=1S/C19H32N2O4/c1-3-25-19(24)16-10-12-21(13-11-16)17(22)14-20(2)18(23)15-8-6-4-5-7-9-15/h15-16H,3-14H2,1-2H3. The fourth-order valence-corrected chi connectivity index (χ4v) is 3.84. The number of likely N-dealkylation sites (tertiary alicyclic amines) is 1. The number of amides is 2. The predicted octanol–water partition coefficient (Wildman–Crippen LogP) is 2.22. The molecule has 2 fully saturated rings. The molecule has 0 unspecified atom stereocenters. The first kappa shape index (κ1) is 19.7. The van der Waals surface area contributed by atoms with Gasteiger partial charge in [0.1, 0.15) is 0 Å². The van der Waals surface area contributed by atoms with Gasteiger partial charge in [-0.2, -0.15) is 0 Å². The number of nitrogens with zero attached hydrogens (tertiary/aromatic N) is 2. The van der Waals surface area contributed by atoms with E-state index in [2.05, 4.69) is 0 Å². The molecule has 0 atom stereocenters. The summed E-state index contributed by atoms with van der Waals surface area (Å²) in [5.74, 6) is -0.0945. The molecular weight excluding hydrogens is 320 g/mol. The van der Waals surface area contributed by atoms with Gasteiger partial charge >= 0.3 is 5.97 Å². The molecule has 0 aromatic heterocycles. The number of hydrogen-bond donors (Lipinski definition) is 0. The Labute approximate surface area is 150 Å². The highest BCUT2D eigenvalue weighted by molar-refractivity contribution is 5.86. The summed E-state index contributed by atoms with van der Waals surface area (Å²) in [7, 11) is 1.73. The molecule has 25 heavy (non-hydrogen) atoms. The van der Waals surface area contributed by atoms with Gasteiger partial charge in [-0.1, -0.05) is 25.7 Å². The van der Waals surface area contributed by atoms with Gasteiger partial charge in [-0.3, -0.25) is 14.4 Å². The largest absolute Gasteiger partial charge is 0.466 e. The van der Waals surface area contributed by atoms with Crippen molar-refractivity contribution < 1.29 is 19.1 Å². The topological polar surface area (TPSA) is 66.9 Å². The second kappa shape index (κ2) is 9.78. The zero-order valence-electron chi connectivity index (χ0n) is 15.7. The number of hydrogen-bond acceptors (Lipinski definition) is 4. The van der Waals surface area contributed by atoms with E-state index in [4.69, 9.17) is 4.74 Å². The van der Waals surface area contributed by atoms with Gasteiger partial charge in [0.05, 0.1) is 19.1 Å². The molecule has 1 saturated heterocycles. The van der Waals surface area contributed by atoms with Gasteiger partial charge in [0, 0.05) is 26.1 Å². The van der Waals surface area contributed by atoms with Crippen LogP contribution in [0.2, 0.25) is 0 Å². The normalized spacial score (nSPS) is 20.0. The summed E-state index contributed by atoms with van der Waals surface area (Å²) in [6, 6.07) is 0. The summed E-state index contributed by atoms with van der Waals surface area (Å²) in [5.41, 5.74) is 0. The highest BCUT2D eigenvalue weighted by Gasteiger charge is 2.30. The van der Waals surface area contributed by atoms with E-state index in [0.717, 1.165) is 25.7 Å². The molecule has 1 heterocycles. The Morgan fingerprint density at radius 3 is 2.12 bits per heavy atom. The van der Waals surface area contributed by atoms with Gasteiger partial charge in [-0.15, -0.1) is 0 Å². The van der Waals surface area contributed by atoms with Gasteiger partial charge in [0.25, 0.3) is 0 Å². The number of rotatable bonds is 5. The molecule has 2 aliphatic rings. The SMILES string of the molecule is CCOC(=O)C1CCN(C(=O)CN(C)C(=O)C2CCCCCC2)CC1. The smallest absolute Gasteiger partial charge is 0.309 e. The van der Waals surface area contributed by atoms with Gasteiger partial charge in [-0.25, -0.2) is 0 Å². The maximum atomic E-state index is 12.6. The van der Waals surface area contributed by atoms with Crippen LogP contribution in [0.4, 0.5) is 0 Å². The van der Waals surface area contributed by atoms with E-state index in [1.54, 1.807) is 23.8 Å². The first-order valence-electron chi connectivity index (χ1n) is 9.72. The average Bonchev–Trinajstić information content (AvgIpc) is 2.90. The minimum absolute atomic E-state index is 0.0215. The molecule has 2 amide bonds.